The summed E-state index contributed by atoms with van der Waals surface area (Å²) in [4.78, 5) is 16.0. The van der Waals surface area contributed by atoms with Gasteiger partial charge in [-0.15, -0.1) is 5.10 Å². The van der Waals surface area contributed by atoms with Crippen molar-refractivity contribution in [3.63, 3.8) is 0 Å². The number of nitrogens with one attached hydrogen (secondary N) is 2. The quantitative estimate of drug-likeness (QED) is 0.908. The van der Waals surface area contributed by atoms with E-state index in [-0.39, 0.29) is 11.5 Å². The number of anilines is 1. The lowest BCUT2D eigenvalue weighted by Crippen LogP contribution is -2.14. The van der Waals surface area contributed by atoms with Gasteiger partial charge in [0.15, 0.2) is 0 Å². The summed E-state index contributed by atoms with van der Waals surface area (Å²) in [5.74, 6) is -0.0463. The maximum Gasteiger partial charge on any atom is 0.295 e. The number of amides is 1. The predicted molar refractivity (Wildman–Crippen MR) is 67.7 cm³/mol. The molecule has 0 radical (unpaired) electrons. The number of aromatic amines is 1. The second kappa shape index (κ2) is 4.62. The normalized spacial score (nSPS) is 14.4. The van der Waals surface area contributed by atoms with E-state index in [0.717, 1.165) is 12.8 Å². The van der Waals surface area contributed by atoms with Gasteiger partial charge in [-0.05, 0) is 31.0 Å². The number of benzene rings is 1. The highest BCUT2D eigenvalue weighted by atomic mass is 35.5. The van der Waals surface area contributed by atoms with Crippen LogP contribution >= 0.6 is 11.6 Å². The Kier molecular flexibility index (Phi) is 2.94. The molecule has 0 spiro atoms. The van der Waals surface area contributed by atoms with Crippen LogP contribution in [0.25, 0.3) is 0 Å². The van der Waals surface area contributed by atoms with Crippen molar-refractivity contribution in [2.45, 2.75) is 18.8 Å². The Labute approximate surface area is 113 Å². The molecule has 2 aromatic rings. The summed E-state index contributed by atoms with van der Waals surface area (Å²) in [6.45, 7) is 0. The Morgan fingerprint density at radius 2 is 2.26 bits per heavy atom. The number of halogens is 2. The van der Waals surface area contributed by atoms with E-state index < -0.39 is 11.7 Å². The molecular formula is C12H10ClFN4O. The highest BCUT2D eigenvalue weighted by Crippen LogP contribution is 2.37. The van der Waals surface area contributed by atoms with Gasteiger partial charge in [-0.3, -0.25) is 9.89 Å². The highest BCUT2D eigenvalue weighted by molar-refractivity contribution is 6.30. The molecule has 7 heteroatoms. The van der Waals surface area contributed by atoms with Crippen molar-refractivity contribution >= 4 is 23.2 Å². The van der Waals surface area contributed by atoms with Gasteiger partial charge in [0, 0.05) is 10.9 Å². The fourth-order valence-corrected chi connectivity index (χ4v) is 1.86. The Hall–Kier alpha value is -1.95. The molecule has 1 heterocycles. The Bertz CT molecular complexity index is 638. The van der Waals surface area contributed by atoms with Crippen molar-refractivity contribution in [3.05, 3.63) is 40.7 Å². The summed E-state index contributed by atoms with van der Waals surface area (Å²) in [6.07, 6.45) is 2.11. The third-order valence-corrected chi connectivity index (χ3v) is 3.08. The van der Waals surface area contributed by atoms with Crippen LogP contribution in [-0.2, 0) is 0 Å². The van der Waals surface area contributed by atoms with E-state index in [1.807, 2.05) is 0 Å². The summed E-state index contributed by atoms with van der Waals surface area (Å²) in [5.41, 5.74) is 0.00951. The zero-order chi connectivity index (χ0) is 13.4. The first kappa shape index (κ1) is 12.1. The number of aromatic nitrogens is 3. The Morgan fingerprint density at radius 1 is 1.47 bits per heavy atom. The SMILES string of the molecule is O=C(Nc1cc(Cl)ccc1F)c1n[nH]c(C2CC2)n1. The van der Waals surface area contributed by atoms with Gasteiger partial charge < -0.3 is 5.32 Å². The number of nitrogens with zero attached hydrogens (tertiary/aromatic N) is 2. The lowest BCUT2D eigenvalue weighted by atomic mass is 10.3. The van der Waals surface area contributed by atoms with Crippen LogP contribution in [0.3, 0.4) is 0 Å². The lowest BCUT2D eigenvalue weighted by molar-refractivity contribution is 0.101. The van der Waals surface area contributed by atoms with E-state index in [9.17, 15) is 9.18 Å². The van der Waals surface area contributed by atoms with Crippen LogP contribution in [0.15, 0.2) is 18.2 Å². The minimum Gasteiger partial charge on any atom is -0.317 e. The van der Waals surface area contributed by atoms with Gasteiger partial charge in [0.05, 0.1) is 5.69 Å². The van der Waals surface area contributed by atoms with Crippen LogP contribution in [0.4, 0.5) is 10.1 Å². The third kappa shape index (κ3) is 2.58. The number of carbonyl (C=O) groups is 1. The summed E-state index contributed by atoms with van der Waals surface area (Å²) < 4.78 is 13.5. The van der Waals surface area contributed by atoms with E-state index in [2.05, 4.69) is 20.5 Å². The number of H-pyrrole nitrogens is 1. The largest absolute Gasteiger partial charge is 0.317 e. The zero-order valence-electron chi connectivity index (χ0n) is 9.78. The van der Waals surface area contributed by atoms with Gasteiger partial charge in [-0.1, -0.05) is 11.6 Å². The minimum atomic E-state index is -0.565. The Balaban J connectivity index is 1.77. The molecule has 1 aromatic heterocycles. The van der Waals surface area contributed by atoms with Gasteiger partial charge in [0.25, 0.3) is 5.91 Å². The van der Waals surface area contributed by atoms with Gasteiger partial charge in [-0.25, -0.2) is 9.37 Å². The molecule has 1 saturated carbocycles. The summed E-state index contributed by atoms with van der Waals surface area (Å²) in [5, 5.41) is 9.28. The first-order chi connectivity index (χ1) is 9.13. The van der Waals surface area contributed by atoms with E-state index in [0.29, 0.717) is 16.8 Å². The van der Waals surface area contributed by atoms with Crippen LogP contribution < -0.4 is 5.32 Å². The molecule has 0 unspecified atom stereocenters. The number of hydrogen-bond donors (Lipinski definition) is 2. The number of hydrogen-bond acceptors (Lipinski definition) is 3. The average molecular weight is 281 g/mol. The molecule has 1 aliphatic rings. The molecule has 0 bridgehead atoms. The van der Waals surface area contributed by atoms with E-state index in [4.69, 9.17) is 11.6 Å². The molecule has 1 aromatic carbocycles. The van der Waals surface area contributed by atoms with Crippen LogP contribution in [0.1, 0.15) is 35.2 Å². The first-order valence-corrected chi connectivity index (χ1v) is 6.20. The molecule has 19 heavy (non-hydrogen) atoms. The maximum atomic E-state index is 13.5. The summed E-state index contributed by atoms with van der Waals surface area (Å²) in [6, 6.07) is 3.93. The smallest absolute Gasteiger partial charge is 0.295 e. The number of rotatable bonds is 3. The second-order valence-electron chi connectivity index (χ2n) is 4.40. The van der Waals surface area contributed by atoms with Crippen LogP contribution in [0, 0.1) is 5.82 Å². The highest BCUT2D eigenvalue weighted by Gasteiger charge is 2.28. The van der Waals surface area contributed by atoms with Crippen LogP contribution in [0.2, 0.25) is 5.02 Å². The zero-order valence-corrected chi connectivity index (χ0v) is 10.5. The van der Waals surface area contributed by atoms with Crippen molar-refractivity contribution in [1.29, 1.82) is 0 Å². The molecule has 1 aliphatic carbocycles. The van der Waals surface area contributed by atoms with Gasteiger partial charge in [-0.2, -0.15) is 0 Å². The summed E-state index contributed by atoms with van der Waals surface area (Å²) >= 11 is 5.74. The maximum absolute atomic E-state index is 13.5. The van der Waals surface area contributed by atoms with Crippen LogP contribution in [-0.4, -0.2) is 21.1 Å². The van der Waals surface area contributed by atoms with Gasteiger partial charge in [0.1, 0.15) is 11.6 Å². The van der Waals surface area contributed by atoms with Crippen molar-refractivity contribution < 1.29 is 9.18 Å². The van der Waals surface area contributed by atoms with Crippen molar-refractivity contribution in [1.82, 2.24) is 15.2 Å². The number of carbonyl (C=O) groups excluding carboxylic acids is 1. The molecule has 0 atom stereocenters. The molecule has 3 rings (SSSR count). The molecule has 2 N–H and O–H groups in total. The van der Waals surface area contributed by atoms with Gasteiger partial charge >= 0.3 is 0 Å². The molecule has 1 fully saturated rings. The molecular weight excluding hydrogens is 271 g/mol. The van der Waals surface area contributed by atoms with Gasteiger partial charge in [0.2, 0.25) is 5.82 Å². The van der Waals surface area contributed by atoms with Crippen molar-refractivity contribution in [3.8, 4) is 0 Å². The van der Waals surface area contributed by atoms with E-state index in [1.54, 1.807) is 0 Å². The molecule has 1 amide bonds. The lowest BCUT2D eigenvalue weighted by Gasteiger charge is -2.04. The van der Waals surface area contributed by atoms with Crippen molar-refractivity contribution in [2.75, 3.05) is 5.32 Å². The monoisotopic (exact) mass is 280 g/mol. The molecule has 0 aliphatic heterocycles. The summed E-state index contributed by atoms with van der Waals surface area (Å²) in [7, 11) is 0. The second-order valence-corrected chi connectivity index (χ2v) is 4.83. The van der Waals surface area contributed by atoms with E-state index in [1.165, 1.54) is 18.2 Å². The fourth-order valence-electron chi connectivity index (χ4n) is 1.69. The van der Waals surface area contributed by atoms with E-state index >= 15 is 0 Å². The molecule has 98 valence electrons. The Morgan fingerprint density at radius 3 is 3.00 bits per heavy atom. The molecule has 5 nitrogen and oxygen atoms in total. The molecule has 0 saturated heterocycles. The third-order valence-electron chi connectivity index (χ3n) is 2.85. The first-order valence-electron chi connectivity index (χ1n) is 5.82. The average Bonchev–Trinajstić information content (AvgIpc) is 3.11. The standard InChI is InChI=1S/C12H10ClFN4O/c13-7-3-4-8(14)9(5-7)15-12(19)11-16-10(17-18-11)6-1-2-6/h3-6H,1-2H2,(H,15,19)(H,16,17,18). The van der Waals surface area contributed by atoms with Crippen molar-refractivity contribution in [2.24, 2.45) is 0 Å². The topological polar surface area (TPSA) is 70.7 Å². The fraction of sp³-hybridized carbons (Fsp3) is 0.250. The van der Waals surface area contributed by atoms with Crippen LogP contribution in [0.5, 0.6) is 0 Å². The predicted octanol–water partition coefficient (Wildman–Crippen LogP) is 2.73. The minimum absolute atomic E-state index is 0.00118.